The minimum Gasteiger partial charge on any atom is -0.495 e. The molecule has 0 saturated carbocycles. The number of methoxy groups -OCH3 is 1. The quantitative estimate of drug-likeness (QED) is 0.0513. The number of rotatable bonds is 13. The number of ketones is 1. The van der Waals surface area contributed by atoms with Crippen molar-refractivity contribution in [1.29, 1.82) is 0 Å². The van der Waals surface area contributed by atoms with Crippen LogP contribution in [0.25, 0.3) is 10.8 Å². The van der Waals surface area contributed by atoms with E-state index in [2.05, 4.69) is 41.1 Å². The maximum Gasteiger partial charge on any atom is 0.320 e. The number of aromatic nitrogens is 3. The van der Waals surface area contributed by atoms with Gasteiger partial charge in [0.05, 0.1) is 34.0 Å². The fourth-order valence-corrected chi connectivity index (χ4v) is 7.40. The Hall–Kier alpha value is -6.83. The fraction of sp³-hybridized carbons (Fsp3) is 0.0833. The predicted octanol–water partition coefficient (Wildman–Crippen LogP) is 5.99. The number of benzene rings is 5. The molecule has 6 rings (SSSR count). The van der Waals surface area contributed by atoms with Gasteiger partial charge in [0.2, 0.25) is 27.8 Å². The molecule has 0 radical (unpaired) electrons. The van der Waals surface area contributed by atoms with Crippen LogP contribution in [0.3, 0.4) is 0 Å². The van der Waals surface area contributed by atoms with Crippen LogP contribution in [-0.2, 0) is 29.5 Å². The van der Waals surface area contributed by atoms with Crippen molar-refractivity contribution in [2.45, 2.75) is 27.7 Å². The standard InChI is InChI=1S/C36H30N8O9S2/c1-21(45)31(33(46)38-28-9-5-6-10-30(28)53-2)44-43-24-14-18-26(19-15-24)54(48,49)25-16-12-23(13-17-25)37-34-40-35(42-36(47)41-34)39-29-20-11-22-7-3-4-8-27(22)32(29)55(50,51)52/h3-20,31H,1-2H3,(H,38,46)(H,50,51,52)(H3,37,39,40,41,42,47)/b44-43+. The van der Waals surface area contributed by atoms with Crippen molar-refractivity contribution < 1.29 is 40.8 Å². The zero-order valence-electron chi connectivity index (χ0n) is 28.8. The van der Waals surface area contributed by atoms with E-state index >= 15 is 0 Å². The number of anilines is 5. The van der Waals surface area contributed by atoms with Gasteiger partial charge in [-0.1, -0.05) is 42.5 Å². The molecule has 0 aliphatic carbocycles. The van der Waals surface area contributed by atoms with Crippen molar-refractivity contribution in [3.63, 3.8) is 0 Å². The lowest BCUT2D eigenvalue weighted by Crippen LogP contribution is -2.31. The van der Waals surface area contributed by atoms with Crippen molar-refractivity contribution in [3.8, 4) is 11.8 Å². The van der Waals surface area contributed by atoms with E-state index in [1.807, 2.05) is 0 Å². The molecule has 19 heteroatoms. The Morgan fingerprint density at radius 2 is 1.36 bits per heavy atom. The molecule has 1 atom stereocenters. The summed E-state index contributed by atoms with van der Waals surface area (Å²) >= 11 is 0. The first-order chi connectivity index (χ1) is 26.2. The molecule has 5 aromatic carbocycles. The summed E-state index contributed by atoms with van der Waals surface area (Å²) in [6, 6.07) is 24.9. The van der Waals surface area contributed by atoms with Gasteiger partial charge in [0, 0.05) is 11.1 Å². The molecule has 55 heavy (non-hydrogen) atoms. The van der Waals surface area contributed by atoms with E-state index in [9.17, 15) is 36.1 Å². The Kier molecular flexibility index (Phi) is 10.8. The molecule has 0 aliphatic heterocycles. The van der Waals surface area contributed by atoms with E-state index in [-0.39, 0.29) is 38.4 Å². The van der Waals surface area contributed by atoms with Gasteiger partial charge in [-0.15, -0.1) is 0 Å². The number of hydrogen-bond acceptors (Lipinski definition) is 15. The van der Waals surface area contributed by atoms with Gasteiger partial charge in [0.15, 0.2) is 5.78 Å². The lowest BCUT2D eigenvalue weighted by Gasteiger charge is -2.13. The number of carbonyl (C=O) groups is 2. The van der Waals surface area contributed by atoms with Gasteiger partial charge in [0.25, 0.3) is 16.0 Å². The van der Waals surface area contributed by atoms with E-state index in [1.165, 1.54) is 74.7 Å². The molecular weight excluding hydrogens is 753 g/mol. The summed E-state index contributed by atoms with van der Waals surface area (Å²) in [5.74, 6) is -1.33. The number of carbonyl (C=O) groups excluding carboxylic acids is 2. The van der Waals surface area contributed by atoms with Crippen molar-refractivity contribution in [2.75, 3.05) is 23.1 Å². The lowest BCUT2D eigenvalue weighted by molar-refractivity contribution is -0.126. The van der Waals surface area contributed by atoms with E-state index < -0.39 is 48.6 Å². The monoisotopic (exact) mass is 782 g/mol. The highest BCUT2D eigenvalue weighted by molar-refractivity contribution is 7.91. The second kappa shape index (κ2) is 15.6. The number of fused-ring (bicyclic) bond motifs is 1. The molecule has 1 aromatic heterocycles. The van der Waals surface area contributed by atoms with Crippen LogP contribution in [0.15, 0.2) is 134 Å². The highest BCUT2D eigenvalue weighted by Crippen LogP contribution is 2.33. The van der Waals surface area contributed by atoms with Crippen LogP contribution >= 0.6 is 0 Å². The smallest absolute Gasteiger partial charge is 0.320 e. The molecule has 1 unspecified atom stereocenters. The number of azo groups is 1. The van der Waals surface area contributed by atoms with E-state index in [0.29, 0.717) is 22.5 Å². The summed E-state index contributed by atoms with van der Waals surface area (Å²) < 4.78 is 66.6. The lowest BCUT2D eigenvalue weighted by atomic mass is 10.1. The van der Waals surface area contributed by atoms with Gasteiger partial charge < -0.3 is 25.8 Å². The van der Waals surface area contributed by atoms with Gasteiger partial charge in [-0.3, -0.25) is 14.1 Å². The fourth-order valence-electron chi connectivity index (χ4n) is 5.28. The Labute approximate surface area is 313 Å². The number of Topliss-reactive ketones (excluding diaryl/α,β-unsaturated/α-hetero) is 1. The van der Waals surface area contributed by atoms with Crippen LogP contribution in [0.1, 0.15) is 6.92 Å². The van der Waals surface area contributed by atoms with Crippen molar-refractivity contribution in [3.05, 3.63) is 109 Å². The molecule has 0 fully saturated rings. The highest BCUT2D eigenvalue weighted by Gasteiger charge is 2.25. The number of hydrogen-bond donors (Lipinski definition) is 5. The minimum atomic E-state index is -4.71. The summed E-state index contributed by atoms with van der Waals surface area (Å²) in [5, 5.41) is 27.0. The molecule has 0 bridgehead atoms. The Balaban J connectivity index is 1.14. The number of nitrogens with one attached hydrogen (secondary N) is 3. The molecular formula is C36H30N8O9S2. The zero-order chi connectivity index (χ0) is 39.3. The number of nitrogens with zero attached hydrogens (tertiary/aromatic N) is 5. The SMILES string of the molecule is COc1ccccc1NC(=O)C(/N=N/c1ccc(S(=O)(=O)c2ccc(Nc3nc(O)nc(Nc4ccc5ccccc5c4S(=O)(=O)O)n3)cc2)cc1)C(C)=O. The Morgan fingerprint density at radius 1 is 0.745 bits per heavy atom. The Morgan fingerprint density at radius 3 is 2.02 bits per heavy atom. The molecule has 0 aliphatic rings. The predicted molar refractivity (Wildman–Crippen MR) is 201 cm³/mol. The van der Waals surface area contributed by atoms with E-state index in [4.69, 9.17) is 4.74 Å². The average molecular weight is 783 g/mol. The third kappa shape index (κ3) is 8.70. The highest BCUT2D eigenvalue weighted by atomic mass is 32.2. The van der Waals surface area contributed by atoms with E-state index in [1.54, 1.807) is 48.5 Å². The number of amides is 1. The second-order valence-electron chi connectivity index (χ2n) is 11.6. The number of aromatic hydroxyl groups is 1. The van der Waals surface area contributed by atoms with Crippen molar-refractivity contribution in [1.82, 2.24) is 15.0 Å². The first kappa shape index (κ1) is 37.9. The van der Waals surface area contributed by atoms with Crippen LogP contribution in [0.5, 0.6) is 11.8 Å². The van der Waals surface area contributed by atoms with Crippen LogP contribution in [-0.4, -0.2) is 66.3 Å². The van der Waals surface area contributed by atoms with E-state index in [0.717, 1.165) is 0 Å². The largest absolute Gasteiger partial charge is 0.495 e. The number of sulfone groups is 1. The van der Waals surface area contributed by atoms with Gasteiger partial charge in [-0.25, -0.2) is 8.42 Å². The summed E-state index contributed by atoms with van der Waals surface area (Å²) in [5.41, 5.74) is 0.805. The number of ether oxygens (including phenoxy) is 1. The molecule has 5 N–H and O–H groups in total. The van der Waals surface area contributed by atoms with Gasteiger partial charge >= 0.3 is 6.01 Å². The average Bonchev–Trinajstić information content (AvgIpc) is 3.14. The molecule has 6 aromatic rings. The molecule has 0 saturated heterocycles. The third-order valence-corrected chi connectivity index (χ3v) is 10.6. The second-order valence-corrected chi connectivity index (χ2v) is 14.9. The molecule has 0 spiro atoms. The summed E-state index contributed by atoms with van der Waals surface area (Å²) in [6.07, 6.45) is 0. The maximum atomic E-state index is 13.4. The zero-order valence-corrected chi connectivity index (χ0v) is 30.4. The van der Waals surface area contributed by atoms with Crippen molar-refractivity contribution >= 4 is 77.1 Å². The van der Waals surface area contributed by atoms with Crippen LogP contribution in [0.2, 0.25) is 0 Å². The van der Waals surface area contributed by atoms with Crippen molar-refractivity contribution in [2.24, 2.45) is 10.2 Å². The third-order valence-electron chi connectivity index (χ3n) is 7.86. The van der Waals surface area contributed by atoms with Crippen LogP contribution < -0.4 is 20.7 Å². The van der Waals surface area contributed by atoms with Gasteiger partial charge in [0.1, 0.15) is 10.6 Å². The summed E-state index contributed by atoms with van der Waals surface area (Å²) in [7, 11) is -7.28. The van der Waals surface area contributed by atoms with Crippen LogP contribution in [0, 0.1) is 0 Å². The van der Waals surface area contributed by atoms with Gasteiger partial charge in [-0.05, 0) is 79.0 Å². The molecule has 280 valence electrons. The maximum absolute atomic E-state index is 13.4. The summed E-state index contributed by atoms with van der Waals surface area (Å²) in [6.45, 7) is 1.20. The molecule has 1 heterocycles. The molecule has 1 amide bonds. The molecule has 17 nitrogen and oxygen atoms in total. The minimum absolute atomic E-state index is 0.0590. The van der Waals surface area contributed by atoms with Crippen LogP contribution in [0.4, 0.5) is 34.6 Å². The Bertz CT molecular complexity index is 2680. The topological polar surface area (TPSA) is 252 Å². The summed E-state index contributed by atoms with van der Waals surface area (Å²) in [4.78, 5) is 36.3. The van der Waals surface area contributed by atoms with Gasteiger partial charge in [-0.2, -0.15) is 33.6 Å². The normalized spacial score (nSPS) is 12.3. The first-order valence-electron chi connectivity index (χ1n) is 16.0. The number of para-hydroxylation sites is 2. The first-order valence-corrected chi connectivity index (χ1v) is 18.9.